The normalized spacial score (nSPS) is 16.2. The zero-order chi connectivity index (χ0) is 15.7. The molecule has 1 saturated heterocycles. The summed E-state index contributed by atoms with van der Waals surface area (Å²) in [5, 5.41) is 9.82. The molecule has 0 spiro atoms. The van der Waals surface area contributed by atoms with Crippen molar-refractivity contribution in [3.63, 3.8) is 0 Å². The fourth-order valence-corrected chi connectivity index (χ4v) is 2.17. The number of carbonyl (C=O) groups excluding carboxylic acids is 1. The first-order valence-corrected chi connectivity index (χ1v) is 7.97. The van der Waals surface area contributed by atoms with Gasteiger partial charge in [-0.15, -0.1) is 0 Å². The maximum Gasteiger partial charge on any atom is 0.244 e. The summed E-state index contributed by atoms with van der Waals surface area (Å²) in [7, 11) is 0. The third kappa shape index (κ3) is 7.90. The number of amides is 1. The lowest BCUT2D eigenvalue weighted by Crippen LogP contribution is -2.45. The highest BCUT2D eigenvalue weighted by molar-refractivity contribution is 5.85. The third-order valence-electron chi connectivity index (χ3n) is 3.25. The fourth-order valence-electron chi connectivity index (χ4n) is 2.17. The monoisotopic (exact) mass is 297 g/mol. The molecule has 1 fully saturated rings. The van der Waals surface area contributed by atoms with Gasteiger partial charge in [-0.3, -0.25) is 4.79 Å². The average molecular weight is 297 g/mol. The SMILES string of the molecule is CCNC(=NCC(=O)N1CCCC1)NCCNC(C)(C)C. The molecule has 1 aliphatic rings. The predicted octanol–water partition coefficient (Wildman–Crippen LogP) is 0.552. The highest BCUT2D eigenvalue weighted by Gasteiger charge is 2.17. The van der Waals surface area contributed by atoms with Crippen molar-refractivity contribution in [3.8, 4) is 0 Å². The van der Waals surface area contributed by atoms with Gasteiger partial charge >= 0.3 is 0 Å². The Hall–Kier alpha value is -1.30. The van der Waals surface area contributed by atoms with Gasteiger partial charge in [-0.2, -0.15) is 0 Å². The molecule has 1 aliphatic heterocycles. The molecule has 1 amide bonds. The van der Waals surface area contributed by atoms with Gasteiger partial charge < -0.3 is 20.9 Å². The van der Waals surface area contributed by atoms with E-state index in [1.807, 2.05) is 11.8 Å². The Morgan fingerprint density at radius 1 is 1.14 bits per heavy atom. The Bertz CT molecular complexity index is 342. The summed E-state index contributed by atoms with van der Waals surface area (Å²) in [6.45, 7) is 12.9. The third-order valence-corrected chi connectivity index (χ3v) is 3.25. The Morgan fingerprint density at radius 2 is 1.81 bits per heavy atom. The molecule has 0 aromatic rings. The van der Waals surface area contributed by atoms with Crippen LogP contribution in [-0.2, 0) is 4.79 Å². The second-order valence-corrected chi connectivity index (χ2v) is 6.39. The number of carbonyl (C=O) groups is 1. The number of guanidine groups is 1. The summed E-state index contributed by atoms with van der Waals surface area (Å²) in [6.07, 6.45) is 2.23. The summed E-state index contributed by atoms with van der Waals surface area (Å²) < 4.78 is 0. The molecule has 6 heteroatoms. The molecule has 0 unspecified atom stereocenters. The first-order chi connectivity index (χ1) is 9.92. The van der Waals surface area contributed by atoms with Gasteiger partial charge in [0.1, 0.15) is 6.54 Å². The Morgan fingerprint density at radius 3 is 2.38 bits per heavy atom. The van der Waals surface area contributed by atoms with Crippen LogP contribution in [0.15, 0.2) is 4.99 Å². The van der Waals surface area contributed by atoms with Gasteiger partial charge in [0, 0.05) is 38.3 Å². The molecule has 0 bridgehead atoms. The molecule has 0 saturated carbocycles. The molecular formula is C15H31N5O. The van der Waals surface area contributed by atoms with E-state index in [1.165, 1.54) is 0 Å². The first kappa shape index (κ1) is 17.8. The van der Waals surface area contributed by atoms with Crippen LogP contribution in [0.25, 0.3) is 0 Å². The van der Waals surface area contributed by atoms with Gasteiger partial charge in [0.15, 0.2) is 5.96 Å². The van der Waals surface area contributed by atoms with Crippen LogP contribution in [0.5, 0.6) is 0 Å². The number of hydrogen-bond acceptors (Lipinski definition) is 3. The molecule has 0 aliphatic carbocycles. The Balaban J connectivity index is 2.33. The first-order valence-electron chi connectivity index (χ1n) is 7.97. The number of rotatable bonds is 6. The zero-order valence-corrected chi connectivity index (χ0v) is 14.0. The lowest BCUT2D eigenvalue weighted by Gasteiger charge is -2.21. The average Bonchev–Trinajstić information content (AvgIpc) is 2.93. The highest BCUT2D eigenvalue weighted by Crippen LogP contribution is 2.07. The van der Waals surface area contributed by atoms with Crippen molar-refractivity contribution >= 4 is 11.9 Å². The van der Waals surface area contributed by atoms with E-state index < -0.39 is 0 Å². The zero-order valence-electron chi connectivity index (χ0n) is 14.0. The second-order valence-electron chi connectivity index (χ2n) is 6.39. The predicted molar refractivity (Wildman–Crippen MR) is 87.6 cm³/mol. The fraction of sp³-hybridized carbons (Fsp3) is 0.867. The number of hydrogen-bond donors (Lipinski definition) is 3. The van der Waals surface area contributed by atoms with Crippen LogP contribution < -0.4 is 16.0 Å². The maximum absolute atomic E-state index is 12.0. The molecule has 0 atom stereocenters. The van der Waals surface area contributed by atoms with Crippen molar-refractivity contribution in [2.45, 2.75) is 46.1 Å². The maximum atomic E-state index is 12.0. The summed E-state index contributed by atoms with van der Waals surface area (Å²) in [5.74, 6) is 0.832. The molecule has 0 aromatic carbocycles. The quantitative estimate of drug-likeness (QED) is 0.380. The van der Waals surface area contributed by atoms with Gasteiger partial charge in [-0.05, 0) is 40.5 Å². The van der Waals surface area contributed by atoms with Crippen molar-refractivity contribution in [1.82, 2.24) is 20.9 Å². The highest BCUT2D eigenvalue weighted by atomic mass is 16.2. The van der Waals surface area contributed by atoms with Crippen LogP contribution in [0.3, 0.4) is 0 Å². The van der Waals surface area contributed by atoms with E-state index >= 15 is 0 Å². The minimum atomic E-state index is 0.114. The van der Waals surface area contributed by atoms with Crippen LogP contribution in [-0.4, -0.2) is 61.6 Å². The van der Waals surface area contributed by atoms with Gasteiger partial charge in [0.25, 0.3) is 0 Å². The molecule has 3 N–H and O–H groups in total. The van der Waals surface area contributed by atoms with Gasteiger partial charge in [0.05, 0.1) is 0 Å². The van der Waals surface area contributed by atoms with Crippen molar-refractivity contribution in [3.05, 3.63) is 0 Å². The van der Waals surface area contributed by atoms with Crippen molar-refractivity contribution in [2.75, 3.05) is 39.3 Å². The Kier molecular flexibility index (Phi) is 7.50. The molecule has 0 radical (unpaired) electrons. The standard InChI is InChI=1S/C15H31N5O/c1-5-16-14(17-8-9-19-15(2,3)4)18-12-13(21)20-10-6-7-11-20/h19H,5-12H2,1-4H3,(H2,16,17,18). The number of nitrogens with zero attached hydrogens (tertiary/aromatic N) is 2. The smallest absolute Gasteiger partial charge is 0.244 e. The van der Waals surface area contributed by atoms with Crippen LogP contribution in [0.4, 0.5) is 0 Å². The number of likely N-dealkylation sites (tertiary alicyclic amines) is 1. The van der Waals surface area contributed by atoms with Gasteiger partial charge in [0.2, 0.25) is 5.91 Å². The second kappa shape index (κ2) is 8.87. The molecule has 122 valence electrons. The minimum Gasteiger partial charge on any atom is -0.357 e. The van der Waals surface area contributed by atoms with E-state index in [-0.39, 0.29) is 18.0 Å². The van der Waals surface area contributed by atoms with E-state index in [0.29, 0.717) is 5.96 Å². The topological polar surface area (TPSA) is 68.8 Å². The van der Waals surface area contributed by atoms with Crippen molar-refractivity contribution in [1.29, 1.82) is 0 Å². The summed E-state index contributed by atoms with van der Waals surface area (Å²) in [4.78, 5) is 18.2. The van der Waals surface area contributed by atoms with Crippen LogP contribution >= 0.6 is 0 Å². The summed E-state index contributed by atoms with van der Waals surface area (Å²) >= 11 is 0. The van der Waals surface area contributed by atoms with Crippen LogP contribution in [0.1, 0.15) is 40.5 Å². The van der Waals surface area contributed by atoms with Gasteiger partial charge in [-0.25, -0.2) is 4.99 Å². The molecule has 1 rings (SSSR count). The van der Waals surface area contributed by atoms with Crippen LogP contribution in [0.2, 0.25) is 0 Å². The molecule has 6 nitrogen and oxygen atoms in total. The van der Waals surface area contributed by atoms with E-state index in [4.69, 9.17) is 0 Å². The number of nitrogens with one attached hydrogen (secondary N) is 3. The minimum absolute atomic E-state index is 0.114. The largest absolute Gasteiger partial charge is 0.357 e. The van der Waals surface area contributed by atoms with E-state index in [0.717, 1.165) is 45.6 Å². The summed E-state index contributed by atoms with van der Waals surface area (Å²) in [5.41, 5.74) is 0.114. The molecule has 1 heterocycles. The van der Waals surface area contributed by atoms with E-state index in [1.54, 1.807) is 0 Å². The van der Waals surface area contributed by atoms with Crippen molar-refractivity contribution < 1.29 is 4.79 Å². The lowest BCUT2D eigenvalue weighted by atomic mass is 10.1. The number of aliphatic imine (C=N–C) groups is 1. The molecular weight excluding hydrogens is 266 g/mol. The summed E-state index contributed by atoms with van der Waals surface area (Å²) in [6, 6.07) is 0. The lowest BCUT2D eigenvalue weighted by molar-refractivity contribution is -0.128. The van der Waals surface area contributed by atoms with E-state index in [9.17, 15) is 4.79 Å². The van der Waals surface area contributed by atoms with Crippen LogP contribution in [0, 0.1) is 0 Å². The van der Waals surface area contributed by atoms with E-state index in [2.05, 4.69) is 41.7 Å². The Labute approximate surface area is 128 Å². The van der Waals surface area contributed by atoms with Crippen molar-refractivity contribution in [2.24, 2.45) is 4.99 Å². The molecule has 21 heavy (non-hydrogen) atoms. The van der Waals surface area contributed by atoms with Gasteiger partial charge in [-0.1, -0.05) is 0 Å². The molecule has 0 aromatic heterocycles.